The maximum Gasteiger partial charge on any atom is 0.129 e. The molecule has 0 spiro atoms. The summed E-state index contributed by atoms with van der Waals surface area (Å²) in [7, 11) is 0. The van der Waals surface area contributed by atoms with Gasteiger partial charge in [-0.15, -0.1) is 0 Å². The summed E-state index contributed by atoms with van der Waals surface area (Å²) in [6.45, 7) is 4.25. The molecule has 3 N–H and O–H groups in total. The number of rotatable bonds is 2. The first-order chi connectivity index (χ1) is 8.65. The van der Waals surface area contributed by atoms with Crippen LogP contribution in [0.15, 0.2) is 48.5 Å². The van der Waals surface area contributed by atoms with Gasteiger partial charge in [-0.2, -0.15) is 0 Å². The van der Waals surface area contributed by atoms with Crippen LogP contribution in [0.2, 0.25) is 0 Å². The van der Waals surface area contributed by atoms with Crippen LogP contribution in [0.25, 0.3) is 0 Å². The second-order valence-corrected chi connectivity index (χ2v) is 3.88. The zero-order chi connectivity index (χ0) is 13.4. The van der Waals surface area contributed by atoms with Crippen LogP contribution >= 0.6 is 0 Å². The number of anilines is 1. The molecular weight excluding hydrogens is 226 g/mol. The van der Waals surface area contributed by atoms with Gasteiger partial charge in [-0.25, -0.2) is 0 Å². The summed E-state index contributed by atoms with van der Waals surface area (Å²) in [6, 6.07) is 13.7. The number of benzene rings is 2. The lowest BCUT2D eigenvalue weighted by Crippen LogP contribution is -1.87. The van der Waals surface area contributed by atoms with Gasteiger partial charge in [0.05, 0.1) is 0 Å². The van der Waals surface area contributed by atoms with E-state index in [-0.39, 0.29) is 5.75 Å². The van der Waals surface area contributed by atoms with E-state index in [4.69, 9.17) is 15.6 Å². The Hall–Kier alpha value is -2.16. The number of ether oxygens (including phenoxy) is 1. The molecule has 0 heterocycles. The number of nitrogen functional groups attached to an aromatic ring is 1. The Kier molecular flexibility index (Phi) is 5.58. The predicted octanol–water partition coefficient (Wildman–Crippen LogP) is 4.18. The fraction of sp³-hybridized carbons (Fsp3) is 0.200. The normalized spacial score (nSPS) is 9.22. The van der Waals surface area contributed by atoms with E-state index in [1.165, 1.54) is 6.42 Å². The van der Waals surface area contributed by atoms with E-state index in [9.17, 15) is 0 Å². The number of aromatic hydroxyl groups is 1. The van der Waals surface area contributed by atoms with Crippen molar-refractivity contribution in [2.75, 3.05) is 5.73 Å². The lowest BCUT2D eigenvalue weighted by atomic mass is 10.3. The van der Waals surface area contributed by atoms with E-state index in [1.54, 1.807) is 36.4 Å². The first kappa shape index (κ1) is 13.9. The number of phenols is 1. The molecule has 0 amide bonds. The highest BCUT2D eigenvalue weighted by molar-refractivity contribution is 5.45. The van der Waals surface area contributed by atoms with Crippen molar-refractivity contribution >= 4 is 5.69 Å². The summed E-state index contributed by atoms with van der Waals surface area (Å²) in [5.41, 5.74) is 6.27. The molecule has 0 fully saturated rings. The van der Waals surface area contributed by atoms with Crippen LogP contribution in [0.5, 0.6) is 17.2 Å². The van der Waals surface area contributed by atoms with Crippen molar-refractivity contribution in [2.45, 2.75) is 20.3 Å². The Morgan fingerprint density at radius 3 is 2.17 bits per heavy atom. The average Bonchev–Trinajstić information content (AvgIpc) is 2.33. The maximum atomic E-state index is 9.09. The molecule has 0 bridgehead atoms. The molecule has 0 aromatic heterocycles. The minimum absolute atomic E-state index is 0.218. The van der Waals surface area contributed by atoms with Gasteiger partial charge in [-0.3, -0.25) is 0 Å². The molecule has 3 nitrogen and oxygen atoms in total. The van der Waals surface area contributed by atoms with Gasteiger partial charge < -0.3 is 15.6 Å². The Morgan fingerprint density at radius 1 is 1.00 bits per heavy atom. The monoisotopic (exact) mass is 245 g/mol. The molecule has 2 aromatic rings. The summed E-state index contributed by atoms with van der Waals surface area (Å²) in [4.78, 5) is 0. The number of hydrogen-bond acceptors (Lipinski definition) is 3. The average molecular weight is 245 g/mol. The van der Waals surface area contributed by atoms with Crippen molar-refractivity contribution in [1.29, 1.82) is 0 Å². The fourth-order valence-electron chi connectivity index (χ4n) is 1.23. The summed E-state index contributed by atoms with van der Waals surface area (Å²) in [5.74, 6) is 1.56. The van der Waals surface area contributed by atoms with Gasteiger partial charge in [0.1, 0.15) is 17.2 Å². The van der Waals surface area contributed by atoms with Crippen LogP contribution in [0.3, 0.4) is 0 Å². The Morgan fingerprint density at radius 2 is 1.61 bits per heavy atom. The van der Waals surface area contributed by atoms with Crippen LogP contribution in [0, 0.1) is 0 Å². The van der Waals surface area contributed by atoms with Crippen LogP contribution < -0.4 is 10.5 Å². The fourth-order valence-corrected chi connectivity index (χ4v) is 1.23. The molecule has 0 atom stereocenters. The molecule has 2 rings (SSSR count). The highest BCUT2D eigenvalue weighted by Gasteiger charge is 1.97. The SMILES string of the molecule is CCC.Nc1cccc(Oc2ccc(O)cc2)c1. The van der Waals surface area contributed by atoms with Crippen LogP contribution in [-0.2, 0) is 0 Å². The molecule has 18 heavy (non-hydrogen) atoms. The van der Waals surface area contributed by atoms with E-state index in [1.807, 2.05) is 12.1 Å². The predicted molar refractivity (Wildman–Crippen MR) is 75.0 cm³/mol. The maximum absolute atomic E-state index is 9.09. The molecule has 0 saturated heterocycles. The van der Waals surface area contributed by atoms with Crippen molar-refractivity contribution in [1.82, 2.24) is 0 Å². The second kappa shape index (κ2) is 7.22. The van der Waals surface area contributed by atoms with Crippen molar-refractivity contribution in [3.63, 3.8) is 0 Å². The van der Waals surface area contributed by atoms with Crippen LogP contribution in [0.4, 0.5) is 5.69 Å². The number of nitrogens with two attached hydrogens (primary N) is 1. The van der Waals surface area contributed by atoms with Crippen molar-refractivity contribution in [3.05, 3.63) is 48.5 Å². The number of phenolic OH excluding ortho intramolecular Hbond substituents is 1. The Bertz CT molecular complexity index is 466. The summed E-state index contributed by atoms with van der Waals surface area (Å²) in [5, 5.41) is 9.09. The van der Waals surface area contributed by atoms with E-state index in [2.05, 4.69) is 13.8 Å². The standard InChI is InChI=1S/C12H11NO2.C3H8/c13-9-2-1-3-12(8-9)15-11-6-4-10(14)5-7-11;1-3-2/h1-8,14H,13H2;3H2,1-2H3. The third-order valence-electron chi connectivity index (χ3n) is 1.93. The smallest absolute Gasteiger partial charge is 0.129 e. The molecule has 0 radical (unpaired) electrons. The van der Waals surface area contributed by atoms with Gasteiger partial charge >= 0.3 is 0 Å². The van der Waals surface area contributed by atoms with Crippen molar-refractivity contribution < 1.29 is 9.84 Å². The van der Waals surface area contributed by atoms with E-state index in [0.29, 0.717) is 17.2 Å². The van der Waals surface area contributed by atoms with Crippen LogP contribution in [-0.4, -0.2) is 5.11 Å². The Balaban J connectivity index is 0.000000492. The van der Waals surface area contributed by atoms with Crippen molar-refractivity contribution in [2.24, 2.45) is 0 Å². The minimum Gasteiger partial charge on any atom is -0.508 e. The molecule has 2 aromatic carbocycles. The quantitative estimate of drug-likeness (QED) is 0.780. The lowest BCUT2D eigenvalue weighted by molar-refractivity contribution is 0.464. The molecule has 3 heteroatoms. The zero-order valence-electron chi connectivity index (χ0n) is 10.8. The molecule has 96 valence electrons. The molecule has 0 aliphatic heterocycles. The summed E-state index contributed by atoms with van der Waals surface area (Å²) < 4.78 is 5.52. The van der Waals surface area contributed by atoms with Gasteiger partial charge in [0.15, 0.2) is 0 Å². The lowest BCUT2D eigenvalue weighted by Gasteiger charge is -2.05. The molecule has 0 unspecified atom stereocenters. The third-order valence-corrected chi connectivity index (χ3v) is 1.93. The van der Waals surface area contributed by atoms with Gasteiger partial charge in [0.2, 0.25) is 0 Å². The topological polar surface area (TPSA) is 55.5 Å². The minimum atomic E-state index is 0.218. The largest absolute Gasteiger partial charge is 0.508 e. The van der Waals surface area contributed by atoms with E-state index < -0.39 is 0 Å². The van der Waals surface area contributed by atoms with E-state index in [0.717, 1.165) is 0 Å². The molecule has 0 saturated carbocycles. The van der Waals surface area contributed by atoms with Gasteiger partial charge in [-0.1, -0.05) is 26.3 Å². The molecule has 0 aliphatic rings. The summed E-state index contributed by atoms with van der Waals surface area (Å²) in [6.07, 6.45) is 1.25. The number of hydrogen-bond donors (Lipinski definition) is 2. The van der Waals surface area contributed by atoms with Gasteiger partial charge in [0.25, 0.3) is 0 Å². The Labute approximate surface area is 108 Å². The van der Waals surface area contributed by atoms with Crippen molar-refractivity contribution in [3.8, 4) is 17.2 Å². The molecular formula is C15H19NO2. The van der Waals surface area contributed by atoms with E-state index >= 15 is 0 Å². The highest BCUT2D eigenvalue weighted by Crippen LogP contribution is 2.24. The van der Waals surface area contributed by atoms with Crippen LogP contribution in [0.1, 0.15) is 20.3 Å². The first-order valence-electron chi connectivity index (χ1n) is 5.98. The third kappa shape index (κ3) is 4.78. The summed E-state index contributed by atoms with van der Waals surface area (Å²) >= 11 is 0. The van der Waals surface area contributed by atoms with Gasteiger partial charge in [0, 0.05) is 11.8 Å². The first-order valence-corrected chi connectivity index (χ1v) is 5.98. The highest BCUT2D eigenvalue weighted by atomic mass is 16.5. The second-order valence-electron chi connectivity index (χ2n) is 3.88. The molecule has 0 aliphatic carbocycles. The van der Waals surface area contributed by atoms with Gasteiger partial charge in [-0.05, 0) is 36.4 Å². The zero-order valence-corrected chi connectivity index (χ0v) is 10.8.